The number of aromatic nitrogens is 4. The molecular formula is C60H41N5PtSi. The van der Waals surface area contributed by atoms with Gasteiger partial charge < -0.3 is 13.7 Å². The molecule has 12 rings (SSSR count). The standard InChI is InChI=1S/C60H41N5Si.Pt/c1-5-22-44(23-6-1)51-32-13-16-35-55(51)64-57-37-18-15-34-54(57)62-60(64)45-24-21-25-46(42-45)65(66(48-26-7-2-8-27-48,49-28-9-3-10-29-49)50-30-11-4-12-31-50)47-39-40-53-52-33-14-17-36-56(52)63(58(53)43-47)59-38-19-20-41-61-59;/h1-41H;/q-2;+2. The Morgan fingerprint density at radius 3 is 1.70 bits per heavy atom. The normalized spacial score (nSPS) is 11.5. The van der Waals surface area contributed by atoms with Crippen LogP contribution < -0.4 is 20.1 Å². The molecule has 5 nitrogen and oxygen atoms in total. The van der Waals surface area contributed by atoms with Gasteiger partial charge in [0.05, 0.1) is 16.9 Å². The molecule has 0 bridgehead atoms. The summed E-state index contributed by atoms with van der Waals surface area (Å²) in [6.07, 6.45) is 1.86. The van der Waals surface area contributed by atoms with Crippen LogP contribution in [0.4, 0.5) is 11.4 Å². The molecule has 67 heavy (non-hydrogen) atoms. The van der Waals surface area contributed by atoms with Crippen LogP contribution in [-0.2, 0) is 21.1 Å². The van der Waals surface area contributed by atoms with Gasteiger partial charge in [-0.15, -0.1) is 47.3 Å². The zero-order valence-corrected chi connectivity index (χ0v) is 39.5. The van der Waals surface area contributed by atoms with E-state index < -0.39 is 8.24 Å². The van der Waals surface area contributed by atoms with Crippen LogP contribution in [0.2, 0.25) is 0 Å². The van der Waals surface area contributed by atoms with E-state index in [0.717, 1.165) is 78.2 Å². The van der Waals surface area contributed by atoms with Crippen LogP contribution in [-0.4, -0.2) is 27.3 Å². The molecule has 0 aliphatic carbocycles. The SMILES string of the molecule is [Pt+2].[c-]1c(-c2nc3ccccc3n2-c2ccccc2-c2ccccc2)cccc1N(c1[c-]c2c(cc1)c1ccccc1n2-c1ccccn1)[Si](c1ccccc1)(c1ccccc1)c1ccccc1. The number of benzene rings is 9. The molecule has 0 aliphatic heterocycles. The van der Waals surface area contributed by atoms with E-state index in [1.54, 1.807) is 0 Å². The molecule has 0 atom stereocenters. The average molecular weight is 1060 g/mol. The van der Waals surface area contributed by atoms with E-state index in [-0.39, 0.29) is 21.1 Å². The monoisotopic (exact) mass is 1050 g/mol. The van der Waals surface area contributed by atoms with E-state index in [0.29, 0.717) is 0 Å². The number of rotatable bonds is 10. The van der Waals surface area contributed by atoms with E-state index in [2.05, 4.69) is 256 Å². The number of fused-ring (bicyclic) bond motifs is 4. The second-order valence-corrected chi connectivity index (χ2v) is 20.0. The van der Waals surface area contributed by atoms with Crippen LogP contribution >= 0.6 is 0 Å². The molecule has 0 spiro atoms. The molecule has 0 aliphatic rings. The number of nitrogens with zero attached hydrogens (tertiary/aromatic N) is 5. The van der Waals surface area contributed by atoms with Gasteiger partial charge in [-0.1, -0.05) is 193 Å². The van der Waals surface area contributed by atoms with Crippen LogP contribution in [0.1, 0.15) is 0 Å². The van der Waals surface area contributed by atoms with E-state index in [9.17, 15) is 0 Å². The molecule has 0 unspecified atom stereocenters. The first-order valence-corrected chi connectivity index (χ1v) is 24.2. The number of pyridine rings is 1. The Balaban J connectivity index is 0.00000494. The third kappa shape index (κ3) is 7.14. The second-order valence-electron chi connectivity index (χ2n) is 16.4. The Bertz CT molecular complexity index is 3560. The van der Waals surface area contributed by atoms with Crippen molar-refractivity contribution >= 4 is 68.0 Å². The molecule has 0 amide bonds. The number of hydrogen-bond acceptors (Lipinski definition) is 3. The summed E-state index contributed by atoms with van der Waals surface area (Å²) in [5, 5.41) is 5.93. The van der Waals surface area contributed by atoms with Gasteiger partial charge in [0.2, 0.25) is 0 Å². The van der Waals surface area contributed by atoms with Crippen LogP contribution in [0.15, 0.2) is 249 Å². The number of hydrogen-bond donors (Lipinski definition) is 0. The molecular weight excluding hydrogens is 1010 g/mol. The molecule has 0 saturated carbocycles. The molecule has 320 valence electrons. The van der Waals surface area contributed by atoms with Crippen LogP contribution in [0, 0.1) is 12.1 Å². The maximum Gasteiger partial charge on any atom is 2.00 e. The van der Waals surface area contributed by atoms with Crippen LogP contribution in [0.25, 0.3) is 66.9 Å². The van der Waals surface area contributed by atoms with Crippen molar-refractivity contribution in [2.75, 3.05) is 4.57 Å². The van der Waals surface area contributed by atoms with Gasteiger partial charge in [0.15, 0.2) is 0 Å². The van der Waals surface area contributed by atoms with Crippen LogP contribution in [0.5, 0.6) is 0 Å². The summed E-state index contributed by atoms with van der Waals surface area (Å²) < 4.78 is 7.12. The van der Waals surface area contributed by atoms with Crippen molar-refractivity contribution < 1.29 is 21.1 Å². The van der Waals surface area contributed by atoms with Crippen molar-refractivity contribution in [2.45, 2.75) is 0 Å². The van der Waals surface area contributed by atoms with E-state index in [1.165, 1.54) is 15.6 Å². The van der Waals surface area contributed by atoms with Gasteiger partial charge >= 0.3 is 21.1 Å². The van der Waals surface area contributed by atoms with Gasteiger partial charge in [0, 0.05) is 23.0 Å². The van der Waals surface area contributed by atoms with E-state index >= 15 is 0 Å². The van der Waals surface area contributed by atoms with Crippen molar-refractivity contribution in [3.8, 4) is 34.0 Å². The third-order valence-electron chi connectivity index (χ3n) is 12.6. The Hall–Kier alpha value is -7.89. The molecule has 0 saturated heterocycles. The third-order valence-corrected chi connectivity index (χ3v) is 17.3. The van der Waals surface area contributed by atoms with Crippen LogP contribution in [0.3, 0.4) is 0 Å². The minimum absolute atomic E-state index is 0. The first-order valence-electron chi connectivity index (χ1n) is 22.3. The fraction of sp³-hybridized carbons (Fsp3) is 0. The average Bonchev–Trinajstić information content (AvgIpc) is 3.95. The fourth-order valence-corrected chi connectivity index (χ4v) is 14.6. The van der Waals surface area contributed by atoms with Gasteiger partial charge in [-0.05, 0) is 62.9 Å². The van der Waals surface area contributed by atoms with Gasteiger partial charge in [0.1, 0.15) is 5.82 Å². The summed E-state index contributed by atoms with van der Waals surface area (Å²) in [4.78, 5) is 10.3. The van der Waals surface area contributed by atoms with Crippen molar-refractivity contribution in [2.24, 2.45) is 0 Å². The van der Waals surface area contributed by atoms with Crippen molar-refractivity contribution in [1.82, 2.24) is 19.1 Å². The molecule has 0 radical (unpaired) electrons. The summed E-state index contributed by atoms with van der Waals surface area (Å²) in [5.74, 6) is 1.65. The van der Waals surface area contributed by atoms with Crippen molar-refractivity contribution in [1.29, 1.82) is 0 Å². The molecule has 12 aromatic rings. The van der Waals surface area contributed by atoms with Gasteiger partial charge in [-0.3, -0.25) is 4.98 Å². The molecule has 0 fully saturated rings. The summed E-state index contributed by atoms with van der Waals surface area (Å²) >= 11 is 0. The number of para-hydroxylation sites is 4. The van der Waals surface area contributed by atoms with Gasteiger partial charge in [0.25, 0.3) is 8.24 Å². The molecule has 7 heteroatoms. The quantitative estimate of drug-likeness (QED) is 0.0778. The first-order chi connectivity index (χ1) is 32.8. The Morgan fingerprint density at radius 2 is 1.01 bits per heavy atom. The smallest absolute Gasteiger partial charge is 0.395 e. The largest absolute Gasteiger partial charge is 2.00 e. The predicted octanol–water partition coefficient (Wildman–Crippen LogP) is 12.3. The molecule has 3 aromatic heterocycles. The maximum atomic E-state index is 5.42. The minimum atomic E-state index is -3.33. The molecule has 0 N–H and O–H groups in total. The molecule has 9 aromatic carbocycles. The maximum absolute atomic E-state index is 5.42. The Kier molecular flexibility index (Phi) is 11.1. The topological polar surface area (TPSA) is 38.9 Å². The summed E-state index contributed by atoms with van der Waals surface area (Å²) in [6, 6.07) is 94.5. The van der Waals surface area contributed by atoms with E-state index in [4.69, 9.17) is 9.97 Å². The summed E-state index contributed by atoms with van der Waals surface area (Å²) in [5.41, 5.74) is 9.96. The summed E-state index contributed by atoms with van der Waals surface area (Å²) in [7, 11) is -3.33. The Labute approximate surface area is 405 Å². The van der Waals surface area contributed by atoms with Gasteiger partial charge in [-0.25, -0.2) is 4.98 Å². The van der Waals surface area contributed by atoms with Crippen molar-refractivity contribution in [3.63, 3.8) is 0 Å². The van der Waals surface area contributed by atoms with Gasteiger partial charge in [-0.2, -0.15) is 6.07 Å². The Morgan fingerprint density at radius 1 is 0.433 bits per heavy atom. The fourth-order valence-electron chi connectivity index (χ4n) is 9.85. The zero-order valence-electron chi connectivity index (χ0n) is 36.2. The first kappa shape index (κ1) is 41.8. The number of anilines is 2. The van der Waals surface area contributed by atoms with Crippen molar-refractivity contribution in [3.05, 3.63) is 261 Å². The predicted molar refractivity (Wildman–Crippen MR) is 274 cm³/mol. The van der Waals surface area contributed by atoms with E-state index in [1.807, 2.05) is 18.3 Å². The molecule has 3 heterocycles. The number of imidazole rings is 1. The summed E-state index contributed by atoms with van der Waals surface area (Å²) in [6.45, 7) is 0. The zero-order chi connectivity index (χ0) is 43.9. The second kappa shape index (κ2) is 17.8. The minimum Gasteiger partial charge on any atom is -0.395 e.